The molecule has 2 N–H and O–H groups in total. The van der Waals surface area contributed by atoms with Crippen LogP contribution < -0.4 is 5.32 Å². The molecule has 0 bridgehead atoms. The van der Waals surface area contributed by atoms with E-state index in [1.165, 1.54) is 0 Å². The minimum Gasteiger partial charge on any atom is -0.481 e. The molecule has 1 heterocycles. The molecule has 1 fully saturated rings. The molecule has 1 aliphatic rings. The Bertz CT molecular complexity index is 360. The summed E-state index contributed by atoms with van der Waals surface area (Å²) >= 11 is 0. The molecule has 0 aliphatic carbocycles. The van der Waals surface area contributed by atoms with Gasteiger partial charge in [-0.2, -0.15) is 13.2 Å². The van der Waals surface area contributed by atoms with Crippen LogP contribution in [0.2, 0.25) is 0 Å². The molecule has 20 heavy (non-hydrogen) atoms. The lowest BCUT2D eigenvalue weighted by molar-refractivity contribution is -0.184. The van der Waals surface area contributed by atoms with Gasteiger partial charge in [0.15, 0.2) is 0 Å². The van der Waals surface area contributed by atoms with Crippen molar-refractivity contribution in [2.45, 2.75) is 32.4 Å². The Labute approximate surface area is 115 Å². The van der Waals surface area contributed by atoms with Gasteiger partial charge in [0.25, 0.3) is 0 Å². The first kappa shape index (κ1) is 16.6. The number of hydrogen-bond donors (Lipinski definition) is 2. The number of alkyl halides is 3. The van der Waals surface area contributed by atoms with Crippen LogP contribution in [0.4, 0.5) is 18.0 Å². The zero-order valence-corrected chi connectivity index (χ0v) is 11.2. The largest absolute Gasteiger partial charge is 0.481 e. The Morgan fingerprint density at radius 2 is 2.10 bits per heavy atom. The number of urea groups is 1. The molecule has 0 aromatic rings. The monoisotopic (exact) mass is 296 g/mol. The quantitative estimate of drug-likeness (QED) is 0.834. The summed E-state index contributed by atoms with van der Waals surface area (Å²) < 4.78 is 37.8. The van der Waals surface area contributed by atoms with Crippen LogP contribution in [0.3, 0.4) is 0 Å². The lowest BCUT2D eigenvalue weighted by atomic mass is 9.98. The van der Waals surface area contributed by atoms with E-state index >= 15 is 0 Å². The summed E-state index contributed by atoms with van der Waals surface area (Å²) in [5.74, 6) is -3.25. The van der Waals surface area contributed by atoms with Crippen molar-refractivity contribution >= 4 is 12.0 Å². The number of carboxylic acids is 1. The maximum Gasteiger partial charge on any atom is 0.393 e. The van der Waals surface area contributed by atoms with Crippen molar-refractivity contribution in [2.24, 2.45) is 11.8 Å². The molecule has 1 saturated heterocycles. The molecular weight excluding hydrogens is 277 g/mol. The summed E-state index contributed by atoms with van der Waals surface area (Å²) in [6.45, 7) is 1.50. The Hall–Kier alpha value is -1.47. The van der Waals surface area contributed by atoms with Crippen LogP contribution in [-0.2, 0) is 4.79 Å². The fraction of sp³-hybridized carbons (Fsp3) is 0.833. The first-order chi connectivity index (χ1) is 9.25. The van der Waals surface area contributed by atoms with E-state index in [0.717, 1.165) is 4.90 Å². The van der Waals surface area contributed by atoms with Crippen LogP contribution in [0.15, 0.2) is 0 Å². The Balaban J connectivity index is 2.49. The van der Waals surface area contributed by atoms with Crippen LogP contribution in [0.25, 0.3) is 0 Å². The maximum absolute atomic E-state index is 12.6. The number of rotatable bonds is 4. The van der Waals surface area contributed by atoms with E-state index in [9.17, 15) is 22.8 Å². The zero-order valence-electron chi connectivity index (χ0n) is 11.2. The van der Waals surface area contributed by atoms with Gasteiger partial charge in [-0.1, -0.05) is 6.92 Å². The van der Waals surface area contributed by atoms with Gasteiger partial charge in [-0.15, -0.1) is 0 Å². The molecule has 0 aromatic carbocycles. The summed E-state index contributed by atoms with van der Waals surface area (Å²) in [5, 5.41) is 11.2. The Morgan fingerprint density at radius 1 is 1.45 bits per heavy atom. The molecule has 5 nitrogen and oxygen atoms in total. The van der Waals surface area contributed by atoms with E-state index in [0.29, 0.717) is 12.8 Å². The zero-order chi connectivity index (χ0) is 15.3. The molecular formula is C12H19F3N2O3. The average molecular weight is 296 g/mol. The van der Waals surface area contributed by atoms with Crippen molar-refractivity contribution in [2.75, 3.05) is 19.6 Å². The smallest absolute Gasteiger partial charge is 0.393 e. The molecule has 116 valence electrons. The van der Waals surface area contributed by atoms with E-state index in [1.807, 2.05) is 0 Å². The number of aliphatic carboxylic acids is 1. The van der Waals surface area contributed by atoms with E-state index in [-0.39, 0.29) is 26.1 Å². The van der Waals surface area contributed by atoms with Crippen LogP contribution in [0.1, 0.15) is 26.2 Å². The number of likely N-dealkylation sites (tertiary alicyclic amines) is 1. The minimum absolute atomic E-state index is 0.0278. The number of carbonyl (C=O) groups excluding carboxylic acids is 1. The van der Waals surface area contributed by atoms with Crippen molar-refractivity contribution in [1.29, 1.82) is 0 Å². The molecule has 1 aliphatic heterocycles. The summed E-state index contributed by atoms with van der Waals surface area (Å²) in [5.41, 5.74) is 0. The van der Waals surface area contributed by atoms with Crippen molar-refractivity contribution in [3.05, 3.63) is 0 Å². The third-order valence-corrected chi connectivity index (χ3v) is 3.51. The van der Waals surface area contributed by atoms with Crippen molar-refractivity contribution in [3.63, 3.8) is 0 Å². The van der Waals surface area contributed by atoms with Gasteiger partial charge < -0.3 is 15.3 Å². The van der Waals surface area contributed by atoms with E-state index in [4.69, 9.17) is 5.11 Å². The molecule has 2 atom stereocenters. The molecule has 0 saturated carbocycles. The summed E-state index contributed by atoms with van der Waals surface area (Å²) in [6.07, 6.45) is -3.62. The number of carbonyl (C=O) groups is 2. The fourth-order valence-electron chi connectivity index (χ4n) is 2.16. The standard InChI is InChI=1S/C12H19F3N2O3/c1-2-8(10(18)19)6-16-11(20)17-5-3-4-9(7-17)12(13,14)15/h8-9H,2-7H2,1H3,(H,16,20)(H,18,19). The van der Waals surface area contributed by atoms with Gasteiger partial charge in [0, 0.05) is 19.6 Å². The number of piperidine rings is 1. The van der Waals surface area contributed by atoms with Gasteiger partial charge in [-0.05, 0) is 19.3 Å². The van der Waals surface area contributed by atoms with Crippen LogP contribution in [0, 0.1) is 11.8 Å². The normalized spacial score (nSPS) is 21.4. The third kappa shape index (κ3) is 4.57. The molecule has 1 rings (SSSR count). The highest BCUT2D eigenvalue weighted by Crippen LogP contribution is 2.33. The maximum atomic E-state index is 12.6. The average Bonchev–Trinajstić information content (AvgIpc) is 2.38. The van der Waals surface area contributed by atoms with Gasteiger partial charge >= 0.3 is 18.2 Å². The van der Waals surface area contributed by atoms with Crippen molar-refractivity contribution < 1.29 is 27.9 Å². The van der Waals surface area contributed by atoms with Crippen LogP contribution in [0.5, 0.6) is 0 Å². The molecule has 0 spiro atoms. The van der Waals surface area contributed by atoms with Gasteiger partial charge in [-0.25, -0.2) is 4.79 Å². The number of amides is 2. The van der Waals surface area contributed by atoms with Crippen LogP contribution >= 0.6 is 0 Å². The van der Waals surface area contributed by atoms with Crippen molar-refractivity contribution in [1.82, 2.24) is 10.2 Å². The predicted octanol–water partition coefficient (Wildman–Crippen LogP) is 2.08. The van der Waals surface area contributed by atoms with Gasteiger partial charge in [-0.3, -0.25) is 4.79 Å². The topological polar surface area (TPSA) is 69.6 Å². The lowest BCUT2D eigenvalue weighted by Crippen LogP contribution is -2.49. The second-order valence-corrected chi connectivity index (χ2v) is 4.96. The van der Waals surface area contributed by atoms with Gasteiger partial charge in [0.2, 0.25) is 0 Å². The first-order valence-corrected chi connectivity index (χ1v) is 6.58. The SMILES string of the molecule is CCC(CNC(=O)N1CCCC(C(F)(F)F)C1)C(=O)O. The Kier molecular flexibility index (Phi) is 5.64. The minimum atomic E-state index is -4.30. The summed E-state index contributed by atoms with van der Waals surface area (Å²) in [7, 11) is 0. The number of carboxylic acid groups (broad SMARTS) is 1. The number of nitrogens with one attached hydrogen (secondary N) is 1. The highest BCUT2D eigenvalue weighted by Gasteiger charge is 2.42. The fourth-order valence-corrected chi connectivity index (χ4v) is 2.16. The van der Waals surface area contributed by atoms with E-state index in [1.54, 1.807) is 6.92 Å². The van der Waals surface area contributed by atoms with E-state index in [2.05, 4.69) is 5.32 Å². The molecule has 2 amide bonds. The molecule has 0 radical (unpaired) electrons. The van der Waals surface area contributed by atoms with Gasteiger partial charge in [0.05, 0.1) is 11.8 Å². The molecule has 8 heteroatoms. The number of hydrogen-bond acceptors (Lipinski definition) is 2. The third-order valence-electron chi connectivity index (χ3n) is 3.51. The van der Waals surface area contributed by atoms with Gasteiger partial charge in [0.1, 0.15) is 0 Å². The second-order valence-electron chi connectivity index (χ2n) is 4.96. The number of halogens is 3. The second kappa shape index (κ2) is 6.81. The lowest BCUT2D eigenvalue weighted by Gasteiger charge is -2.33. The van der Waals surface area contributed by atoms with Crippen molar-refractivity contribution in [3.8, 4) is 0 Å². The highest BCUT2D eigenvalue weighted by atomic mass is 19.4. The Morgan fingerprint density at radius 3 is 2.60 bits per heavy atom. The summed E-state index contributed by atoms with van der Waals surface area (Å²) in [6, 6.07) is -0.626. The first-order valence-electron chi connectivity index (χ1n) is 6.58. The van der Waals surface area contributed by atoms with E-state index < -0.39 is 30.0 Å². The predicted molar refractivity (Wildman–Crippen MR) is 65.2 cm³/mol. The molecule has 0 aromatic heterocycles. The summed E-state index contributed by atoms with van der Waals surface area (Å²) in [4.78, 5) is 23.7. The van der Waals surface area contributed by atoms with Crippen LogP contribution in [-0.4, -0.2) is 47.8 Å². The highest BCUT2D eigenvalue weighted by molar-refractivity contribution is 5.76. The molecule has 2 unspecified atom stereocenters. The number of nitrogens with zero attached hydrogens (tertiary/aromatic N) is 1.